The van der Waals surface area contributed by atoms with Gasteiger partial charge in [-0.2, -0.15) is 0 Å². The molecule has 3 nitrogen and oxygen atoms in total. The number of benzene rings is 1. The summed E-state index contributed by atoms with van der Waals surface area (Å²) in [5.74, 6) is -1.74. The Morgan fingerprint density at radius 2 is 1.79 bits per heavy atom. The lowest BCUT2D eigenvalue weighted by Gasteiger charge is -2.20. The average Bonchev–Trinajstić information content (AvgIpc) is 2.32. The fourth-order valence-electron chi connectivity index (χ4n) is 1.70. The van der Waals surface area contributed by atoms with Crippen molar-refractivity contribution >= 4 is 5.91 Å². The summed E-state index contributed by atoms with van der Waals surface area (Å²) in [6, 6.07) is 3.10. The average molecular weight is 270 g/mol. The molecular formula is C14H20F2N2O. The zero-order chi connectivity index (χ0) is 14.6. The van der Waals surface area contributed by atoms with E-state index in [1.165, 1.54) is 18.2 Å². The van der Waals surface area contributed by atoms with Crippen molar-refractivity contribution in [3.63, 3.8) is 0 Å². The van der Waals surface area contributed by atoms with Crippen LogP contribution in [0.5, 0.6) is 0 Å². The number of nitrogens with one attached hydrogen (secondary N) is 1. The summed E-state index contributed by atoms with van der Waals surface area (Å²) in [4.78, 5) is 11.8. The monoisotopic (exact) mass is 270 g/mol. The molecular weight excluding hydrogens is 250 g/mol. The van der Waals surface area contributed by atoms with E-state index in [9.17, 15) is 13.6 Å². The van der Waals surface area contributed by atoms with E-state index in [0.29, 0.717) is 0 Å². The quantitative estimate of drug-likeness (QED) is 0.859. The zero-order valence-electron chi connectivity index (χ0n) is 11.4. The van der Waals surface area contributed by atoms with Crippen molar-refractivity contribution in [1.29, 1.82) is 0 Å². The minimum atomic E-state index is -0.596. The number of halogens is 2. The Morgan fingerprint density at radius 1 is 1.26 bits per heavy atom. The van der Waals surface area contributed by atoms with Crippen LogP contribution in [0.15, 0.2) is 18.2 Å². The number of nitrogens with two attached hydrogens (primary N) is 1. The molecule has 3 unspecified atom stereocenters. The molecule has 0 saturated heterocycles. The Balaban J connectivity index is 2.66. The van der Waals surface area contributed by atoms with E-state index in [1.54, 1.807) is 20.8 Å². The van der Waals surface area contributed by atoms with Gasteiger partial charge in [0.2, 0.25) is 5.91 Å². The van der Waals surface area contributed by atoms with Gasteiger partial charge in [-0.1, -0.05) is 13.0 Å². The lowest BCUT2D eigenvalue weighted by atomic mass is 10.0. The summed E-state index contributed by atoms with van der Waals surface area (Å²) in [7, 11) is 0. The molecule has 0 saturated carbocycles. The van der Waals surface area contributed by atoms with Crippen molar-refractivity contribution < 1.29 is 13.6 Å². The maximum atomic E-state index is 13.5. The lowest BCUT2D eigenvalue weighted by molar-refractivity contribution is -0.125. The molecule has 3 N–H and O–H groups in total. The predicted molar refractivity (Wildman–Crippen MR) is 70.5 cm³/mol. The molecule has 1 rings (SSSR count). The molecule has 0 bridgehead atoms. The molecule has 3 atom stereocenters. The van der Waals surface area contributed by atoms with Crippen LogP contribution in [0.2, 0.25) is 0 Å². The summed E-state index contributed by atoms with van der Waals surface area (Å²) in [5, 5.41) is 2.71. The Hall–Kier alpha value is -1.49. The van der Waals surface area contributed by atoms with E-state index < -0.39 is 11.6 Å². The molecule has 0 aromatic heterocycles. The largest absolute Gasteiger partial charge is 0.353 e. The van der Waals surface area contributed by atoms with Gasteiger partial charge in [-0.25, -0.2) is 8.78 Å². The first kappa shape index (κ1) is 15.6. The molecule has 1 aromatic rings. The van der Waals surface area contributed by atoms with Gasteiger partial charge in [0, 0.05) is 23.6 Å². The first-order valence-corrected chi connectivity index (χ1v) is 6.31. The van der Waals surface area contributed by atoms with Gasteiger partial charge in [0.25, 0.3) is 0 Å². The second kappa shape index (κ2) is 6.61. The normalized spacial score (nSPS) is 15.7. The smallest absolute Gasteiger partial charge is 0.224 e. The fourth-order valence-corrected chi connectivity index (χ4v) is 1.70. The first-order chi connectivity index (χ1) is 8.82. The molecule has 106 valence electrons. The van der Waals surface area contributed by atoms with Gasteiger partial charge in [-0.05, 0) is 32.4 Å². The molecule has 0 spiro atoms. The van der Waals surface area contributed by atoms with E-state index in [1.807, 2.05) is 0 Å². The van der Waals surface area contributed by atoms with Crippen molar-refractivity contribution in [3.05, 3.63) is 35.4 Å². The Bertz CT molecular complexity index is 429. The summed E-state index contributed by atoms with van der Waals surface area (Å²) in [6.45, 7) is 5.17. The molecule has 0 aliphatic rings. The minimum Gasteiger partial charge on any atom is -0.353 e. The van der Waals surface area contributed by atoms with Crippen LogP contribution < -0.4 is 11.1 Å². The van der Waals surface area contributed by atoms with Gasteiger partial charge in [-0.3, -0.25) is 4.79 Å². The van der Waals surface area contributed by atoms with Gasteiger partial charge in [-0.15, -0.1) is 0 Å². The van der Waals surface area contributed by atoms with Gasteiger partial charge in [0.05, 0.1) is 0 Å². The third-order valence-corrected chi connectivity index (χ3v) is 3.16. The van der Waals surface area contributed by atoms with Crippen molar-refractivity contribution in [2.75, 3.05) is 0 Å². The summed E-state index contributed by atoms with van der Waals surface area (Å²) < 4.78 is 26.9. The second-order valence-electron chi connectivity index (χ2n) is 4.96. The van der Waals surface area contributed by atoms with E-state index in [-0.39, 0.29) is 35.9 Å². The number of carbonyl (C=O) groups is 1. The van der Waals surface area contributed by atoms with Crippen LogP contribution in [-0.2, 0) is 11.2 Å². The molecule has 1 aromatic carbocycles. The van der Waals surface area contributed by atoms with E-state index in [0.717, 1.165) is 0 Å². The highest BCUT2D eigenvalue weighted by atomic mass is 19.1. The van der Waals surface area contributed by atoms with Crippen molar-refractivity contribution in [1.82, 2.24) is 5.32 Å². The molecule has 0 heterocycles. The summed E-state index contributed by atoms with van der Waals surface area (Å²) >= 11 is 0. The third-order valence-electron chi connectivity index (χ3n) is 3.16. The van der Waals surface area contributed by atoms with Gasteiger partial charge >= 0.3 is 0 Å². The number of carbonyl (C=O) groups excluding carboxylic acids is 1. The molecule has 0 fully saturated rings. The van der Waals surface area contributed by atoms with E-state index >= 15 is 0 Å². The molecule has 0 aliphatic heterocycles. The molecule has 1 amide bonds. The van der Waals surface area contributed by atoms with Crippen LogP contribution in [0.1, 0.15) is 26.3 Å². The Labute approximate surface area is 112 Å². The lowest BCUT2D eigenvalue weighted by Crippen LogP contribution is -2.43. The van der Waals surface area contributed by atoms with Crippen LogP contribution in [0.4, 0.5) is 8.78 Å². The van der Waals surface area contributed by atoms with E-state index in [2.05, 4.69) is 5.32 Å². The van der Waals surface area contributed by atoms with Crippen LogP contribution >= 0.6 is 0 Å². The fraction of sp³-hybridized carbons (Fsp3) is 0.500. The second-order valence-corrected chi connectivity index (χ2v) is 4.96. The first-order valence-electron chi connectivity index (χ1n) is 6.31. The molecule has 5 heteroatoms. The number of hydrogen-bond donors (Lipinski definition) is 2. The standard InChI is InChI=1S/C14H20F2N2O/c1-8(18-14(19)9(2)10(3)17)7-11-12(15)5-4-6-13(11)16/h4-6,8-10H,7,17H2,1-3H3,(H,18,19). The summed E-state index contributed by atoms with van der Waals surface area (Å²) in [5.41, 5.74) is 5.62. The predicted octanol–water partition coefficient (Wildman–Crippen LogP) is 2.00. The third kappa shape index (κ3) is 4.28. The molecule has 0 radical (unpaired) electrons. The van der Waals surface area contributed by atoms with Gasteiger partial charge in [0.1, 0.15) is 11.6 Å². The van der Waals surface area contributed by atoms with Crippen molar-refractivity contribution in [3.8, 4) is 0 Å². The van der Waals surface area contributed by atoms with Crippen LogP contribution in [0.3, 0.4) is 0 Å². The van der Waals surface area contributed by atoms with Crippen LogP contribution in [-0.4, -0.2) is 18.0 Å². The topological polar surface area (TPSA) is 55.1 Å². The van der Waals surface area contributed by atoms with Crippen molar-refractivity contribution in [2.45, 2.75) is 39.3 Å². The number of hydrogen-bond acceptors (Lipinski definition) is 2. The minimum absolute atomic E-state index is 0.0104. The number of rotatable bonds is 5. The maximum Gasteiger partial charge on any atom is 0.224 e. The summed E-state index contributed by atoms with van der Waals surface area (Å²) in [6.07, 6.45) is 0.107. The van der Waals surface area contributed by atoms with Crippen molar-refractivity contribution in [2.24, 2.45) is 11.7 Å². The molecule has 19 heavy (non-hydrogen) atoms. The highest BCUT2D eigenvalue weighted by Gasteiger charge is 2.20. The van der Waals surface area contributed by atoms with E-state index in [4.69, 9.17) is 5.73 Å². The van der Waals surface area contributed by atoms with Crippen LogP contribution in [0, 0.1) is 17.6 Å². The Morgan fingerprint density at radius 3 is 2.26 bits per heavy atom. The highest BCUT2D eigenvalue weighted by molar-refractivity contribution is 5.79. The Kier molecular flexibility index (Phi) is 5.42. The van der Waals surface area contributed by atoms with Gasteiger partial charge < -0.3 is 11.1 Å². The molecule has 0 aliphatic carbocycles. The maximum absolute atomic E-state index is 13.5. The zero-order valence-corrected chi connectivity index (χ0v) is 11.4. The van der Waals surface area contributed by atoms with Gasteiger partial charge in [0.15, 0.2) is 0 Å². The number of amides is 1. The SMILES string of the molecule is CC(Cc1c(F)cccc1F)NC(=O)C(C)C(C)N. The highest BCUT2D eigenvalue weighted by Crippen LogP contribution is 2.14. The van der Waals surface area contributed by atoms with Crippen LogP contribution in [0.25, 0.3) is 0 Å².